The van der Waals surface area contributed by atoms with Crippen molar-refractivity contribution < 1.29 is 20.0 Å². The van der Waals surface area contributed by atoms with Crippen LogP contribution in [0.5, 0.6) is 5.75 Å². The summed E-state index contributed by atoms with van der Waals surface area (Å²) in [5.74, 6) is 0.355. The summed E-state index contributed by atoms with van der Waals surface area (Å²) in [7, 11) is 0. The largest absolute Gasteiger partial charge is 0.507 e. The summed E-state index contributed by atoms with van der Waals surface area (Å²) in [5.41, 5.74) is 1.30. The number of phenolic OH excluding ortho intramolecular Hbond substituents is 1. The average Bonchev–Trinajstić information content (AvgIpc) is 2.90. The van der Waals surface area contributed by atoms with E-state index in [1.54, 1.807) is 12.1 Å². The first kappa shape index (κ1) is 37.2. The van der Waals surface area contributed by atoms with Gasteiger partial charge in [0, 0.05) is 49.3 Å². The molecule has 13 nitrogen and oxygen atoms in total. The van der Waals surface area contributed by atoms with Gasteiger partial charge in [-0.3, -0.25) is 4.79 Å². The number of nitrogens with one attached hydrogen (secondary N) is 2. The van der Waals surface area contributed by atoms with Crippen molar-refractivity contribution in [2.45, 2.75) is 38.5 Å². The Labute approximate surface area is 252 Å². The predicted molar refractivity (Wildman–Crippen MR) is 173 cm³/mol. The fraction of sp³-hybridized carbons (Fsp3) is 0.385. The van der Waals surface area contributed by atoms with Crippen molar-refractivity contribution in [2.75, 3.05) is 46.6 Å². The van der Waals surface area contributed by atoms with Crippen LogP contribution in [0.1, 0.15) is 54.6 Å². The van der Waals surface area contributed by atoms with Gasteiger partial charge in [-0.25, -0.2) is 4.39 Å². The molecule has 0 radical (unpaired) electrons. The number of nitrogens with zero attached hydrogens (tertiary/aromatic N) is 5. The first-order valence-electron chi connectivity index (χ1n) is 12.5. The molecule has 3 heterocycles. The second-order valence-electron chi connectivity index (χ2n) is 9.17. The Morgan fingerprint density at radius 3 is 1.73 bits per heavy atom. The van der Waals surface area contributed by atoms with E-state index in [1.807, 2.05) is 12.1 Å². The predicted octanol–water partition coefficient (Wildman–Crippen LogP) is 6.75. The summed E-state index contributed by atoms with van der Waals surface area (Å²) < 4.78 is 13.2. The number of aromatic hydroxyl groups is 1. The zero-order valence-corrected chi connectivity index (χ0v) is 24.1. The molecule has 15 N–H and O–H groups in total. The average molecular weight is 604 g/mol. The maximum Gasteiger partial charge on any atom is 0.259 e. The monoisotopic (exact) mass is 603 g/mol. The van der Waals surface area contributed by atoms with Gasteiger partial charge < -0.3 is 50.1 Å². The normalized spacial score (nSPS) is 14.1. The van der Waals surface area contributed by atoms with E-state index in [2.05, 4.69) is 20.4 Å². The fourth-order valence-corrected chi connectivity index (χ4v) is 4.54. The van der Waals surface area contributed by atoms with Crippen LogP contribution in [-0.2, 0) is 0 Å². The molecule has 2 aromatic carbocycles. The van der Waals surface area contributed by atoms with Gasteiger partial charge in [-0.2, -0.15) is 15.0 Å². The number of halogens is 2. The topological polar surface area (TPSA) is 247 Å². The molecular formula is C26H51ClFN11O2. The van der Waals surface area contributed by atoms with E-state index in [0.29, 0.717) is 23.5 Å². The van der Waals surface area contributed by atoms with Gasteiger partial charge in [0.1, 0.15) is 11.6 Å². The molecular weight excluding hydrogens is 553 g/mol. The maximum atomic E-state index is 13.2. The molecule has 0 spiro atoms. The lowest BCUT2D eigenvalue weighted by atomic mass is 10.1. The van der Waals surface area contributed by atoms with Gasteiger partial charge in [0.2, 0.25) is 17.8 Å². The van der Waals surface area contributed by atoms with Crippen LogP contribution in [0, 0.1) is 5.82 Å². The number of hydrogen-bond donors (Lipinski definition) is 7. The molecule has 41 heavy (non-hydrogen) atoms. The molecule has 0 atom stereocenters. The zero-order chi connectivity index (χ0) is 24.9. The van der Waals surface area contributed by atoms with Crippen LogP contribution in [0.15, 0.2) is 42.5 Å². The van der Waals surface area contributed by atoms with Crippen molar-refractivity contribution in [1.29, 1.82) is 0 Å². The number of phenols is 1. The highest BCUT2D eigenvalue weighted by molar-refractivity contribution is 6.06. The number of carbonyl (C=O) groups is 1. The summed E-state index contributed by atoms with van der Waals surface area (Å²) in [4.78, 5) is 31.1. The van der Waals surface area contributed by atoms with E-state index in [-0.39, 0.29) is 48.3 Å². The second kappa shape index (κ2) is 17.1. The Kier molecular flexibility index (Phi) is 15.5. The highest BCUT2D eigenvalue weighted by Gasteiger charge is 2.20. The van der Waals surface area contributed by atoms with Crippen LogP contribution >= 0.6 is 12.4 Å². The zero-order valence-electron chi connectivity index (χ0n) is 23.3. The van der Waals surface area contributed by atoms with Crippen LogP contribution in [-0.4, -0.2) is 52.1 Å². The highest BCUT2D eigenvalue weighted by atomic mass is 35.5. The number of piperidine rings is 2. The molecule has 0 bridgehead atoms. The van der Waals surface area contributed by atoms with Gasteiger partial charge in [-0.15, -0.1) is 12.4 Å². The quantitative estimate of drug-likeness (QED) is 0.154. The third-order valence-electron chi connectivity index (χ3n) is 6.49. The summed E-state index contributed by atoms with van der Waals surface area (Å²) in [5, 5.41) is 15.8. The van der Waals surface area contributed by atoms with Crippen molar-refractivity contribution in [1.82, 2.24) is 39.6 Å². The molecule has 2 aliphatic heterocycles. The van der Waals surface area contributed by atoms with Gasteiger partial charge in [0.25, 0.3) is 5.91 Å². The van der Waals surface area contributed by atoms with Crippen molar-refractivity contribution in [3.05, 3.63) is 53.8 Å². The SMILES string of the molecule is Cl.N.N.N.N.O=C(Nc1ccc(Nc2nc(N3CCCCC3)nc(N3CCCCC3)n2)cc1)c1ccc(F)cc1O.[HH].[HH].[HH].[HH]. The number of anilines is 5. The van der Waals surface area contributed by atoms with Gasteiger partial charge in [-0.1, -0.05) is 0 Å². The molecule has 0 aliphatic carbocycles. The number of rotatable bonds is 6. The standard InChI is InChI=1S/C26H30FN7O2.ClH.4H3N.4H2/c27-18-7-12-21(22(35)17-18)23(36)28-19-8-10-20(11-9-19)29-24-30-25(33-13-3-1-4-14-33)32-26(31-24)34-15-5-2-6-16-34;;;;;;;;;/h7-12,17,35H,1-6,13-16H2,(H,28,36)(H,29,30,31,32);1H;4*1H3;4*1H. The molecule has 0 unspecified atom stereocenters. The first-order valence-corrected chi connectivity index (χ1v) is 12.5. The van der Waals surface area contributed by atoms with Crippen LogP contribution in [0.3, 0.4) is 0 Å². The van der Waals surface area contributed by atoms with Crippen LogP contribution in [0.4, 0.5) is 33.6 Å². The molecule has 15 heteroatoms. The smallest absolute Gasteiger partial charge is 0.259 e. The van der Waals surface area contributed by atoms with Gasteiger partial charge in [0.05, 0.1) is 5.56 Å². The minimum Gasteiger partial charge on any atom is -0.507 e. The third kappa shape index (κ3) is 9.37. The summed E-state index contributed by atoms with van der Waals surface area (Å²) in [6.07, 6.45) is 7.00. The van der Waals surface area contributed by atoms with Crippen LogP contribution < -0.4 is 45.0 Å². The van der Waals surface area contributed by atoms with E-state index < -0.39 is 17.5 Å². The molecule has 0 saturated carbocycles. The molecule has 2 aliphatic rings. The number of hydrogen-bond acceptors (Lipinski definition) is 12. The molecule has 2 fully saturated rings. The van der Waals surface area contributed by atoms with Crippen molar-refractivity contribution in [3.63, 3.8) is 0 Å². The Morgan fingerprint density at radius 1 is 0.756 bits per heavy atom. The lowest BCUT2D eigenvalue weighted by Crippen LogP contribution is -2.34. The van der Waals surface area contributed by atoms with E-state index >= 15 is 0 Å². The van der Waals surface area contributed by atoms with E-state index in [4.69, 9.17) is 15.0 Å². The molecule has 1 aromatic heterocycles. The number of aromatic nitrogens is 3. The summed E-state index contributed by atoms with van der Waals surface area (Å²) in [6, 6.07) is 10.4. The Balaban J connectivity index is -0.000000593. The summed E-state index contributed by atoms with van der Waals surface area (Å²) in [6.45, 7) is 3.78. The molecule has 3 aromatic rings. The number of amides is 1. The Hall–Kier alpha value is -3.82. The molecule has 236 valence electrons. The summed E-state index contributed by atoms with van der Waals surface area (Å²) >= 11 is 0. The lowest BCUT2D eigenvalue weighted by molar-refractivity contribution is 0.102. The van der Waals surface area contributed by atoms with Crippen molar-refractivity contribution in [2.24, 2.45) is 0 Å². The first-order chi connectivity index (χ1) is 17.5. The Bertz CT molecular complexity index is 1210. The van der Waals surface area contributed by atoms with Crippen molar-refractivity contribution in [3.8, 4) is 5.75 Å². The minimum absolute atomic E-state index is 0. The van der Waals surface area contributed by atoms with E-state index in [1.165, 1.54) is 18.9 Å². The number of carbonyl (C=O) groups excluding carboxylic acids is 1. The maximum absolute atomic E-state index is 13.2. The van der Waals surface area contributed by atoms with Crippen LogP contribution in [0.2, 0.25) is 0 Å². The fourth-order valence-electron chi connectivity index (χ4n) is 4.54. The molecule has 1 amide bonds. The molecule has 2 saturated heterocycles. The minimum atomic E-state index is -0.607. The highest BCUT2D eigenvalue weighted by Crippen LogP contribution is 2.25. The second-order valence-corrected chi connectivity index (χ2v) is 9.17. The van der Waals surface area contributed by atoms with Gasteiger partial charge in [0.15, 0.2) is 0 Å². The van der Waals surface area contributed by atoms with E-state index in [9.17, 15) is 14.3 Å². The third-order valence-corrected chi connectivity index (χ3v) is 6.49. The van der Waals surface area contributed by atoms with Gasteiger partial charge >= 0.3 is 0 Å². The van der Waals surface area contributed by atoms with E-state index in [0.717, 1.165) is 69.7 Å². The Morgan fingerprint density at radius 2 is 1.24 bits per heavy atom. The molecule has 5 rings (SSSR count). The van der Waals surface area contributed by atoms with Crippen molar-refractivity contribution >= 4 is 47.5 Å². The van der Waals surface area contributed by atoms with Gasteiger partial charge in [-0.05, 0) is 74.9 Å². The lowest BCUT2D eigenvalue weighted by Gasteiger charge is -2.30. The number of benzene rings is 2. The van der Waals surface area contributed by atoms with Crippen LogP contribution in [0.25, 0.3) is 0 Å².